The molecule has 1 aliphatic heterocycles. The Morgan fingerprint density at radius 1 is 1.41 bits per heavy atom. The van der Waals surface area contributed by atoms with E-state index in [0.717, 1.165) is 12.8 Å². The number of nitrogens with zero attached hydrogens (tertiary/aromatic N) is 1. The van der Waals surface area contributed by atoms with Gasteiger partial charge in [0.25, 0.3) is 10.2 Å². The summed E-state index contributed by atoms with van der Waals surface area (Å²) >= 11 is 0. The van der Waals surface area contributed by atoms with Crippen LogP contribution in [0.5, 0.6) is 0 Å². The maximum absolute atomic E-state index is 12.0. The quantitative estimate of drug-likeness (QED) is 0.734. The summed E-state index contributed by atoms with van der Waals surface area (Å²) in [7, 11) is -3.68. The fourth-order valence-corrected chi connectivity index (χ4v) is 3.61. The van der Waals surface area contributed by atoms with Crippen molar-refractivity contribution < 1.29 is 18.3 Å². The molecule has 0 radical (unpaired) electrons. The van der Waals surface area contributed by atoms with Gasteiger partial charge in [0.1, 0.15) is 5.54 Å². The van der Waals surface area contributed by atoms with Crippen LogP contribution < -0.4 is 4.72 Å². The Hall–Kier alpha value is -0.660. The zero-order valence-corrected chi connectivity index (χ0v) is 11.1. The summed E-state index contributed by atoms with van der Waals surface area (Å²) < 4.78 is 27.6. The van der Waals surface area contributed by atoms with Gasteiger partial charge >= 0.3 is 5.97 Å². The number of carboxylic acid groups (broad SMARTS) is 1. The van der Waals surface area contributed by atoms with E-state index in [0.29, 0.717) is 19.5 Å². The van der Waals surface area contributed by atoms with Gasteiger partial charge in [-0.2, -0.15) is 17.4 Å². The zero-order chi connectivity index (χ0) is 13.1. The van der Waals surface area contributed by atoms with Crippen molar-refractivity contribution in [3.63, 3.8) is 0 Å². The Balaban J connectivity index is 2.82. The molecule has 0 aliphatic carbocycles. The maximum Gasteiger partial charge on any atom is 0.324 e. The van der Waals surface area contributed by atoms with Gasteiger partial charge in [-0.1, -0.05) is 13.3 Å². The molecule has 1 fully saturated rings. The highest BCUT2D eigenvalue weighted by molar-refractivity contribution is 7.87. The number of hydrogen-bond acceptors (Lipinski definition) is 3. The van der Waals surface area contributed by atoms with Gasteiger partial charge in [0.2, 0.25) is 0 Å². The summed E-state index contributed by atoms with van der Waals surface area (Å²) in [5, 5.41) is 9.12. The molecule has 1 atom stereocenters. The molecular weight excluding hydrogens is 244 g/mol. The fraction of sp³-hybridized carbons (Fsp3) is 0.900. The standard InChI is InChI=1S/C10H20N2O4S/c1-3-6-10(2,9(13)14)11-17(15,16)12-7-4-5-8-12/h11H,3-8H2,1-2H3,(H,13,14). The van der Waals surface area contributed by atoms with Crippen LogP contribution in [0.2, 0.25) is 0 Å². The van der Waals surface area contributed by atoms with Crippen molar-refractivity contribution in [3.05, 3.63) is 0 Å². The van der Waals surface area contributed by atoms with Crippen molar-refractivity contribution in [2.45, 2.75) is 45.1 Å². The van der Waals surface area contributed by atoms with Gasteiger partial charge in [-0.05, 0) is 26.2 Å². The summed E-state index contributed by atoms with van der Waals surface area (Å²) in [5.74, 6) is -1.14. The molecule has 0 saturated carbocycles. The number of carbonyl (C=O) groups is 1. The Labute approximate surface area is 102 Å². The van der Waals surface area contributed by atoms with E-state index in [2.05, 4.69) is 4.72 Å². The van der Waals surface area contributed by atoms with Crippen LogP contribution in [0.3, 0.4) is 0 Å². The second-order valence-corrected chi connectivity index (χ2v) is 6.27. The Kier molecular flexibility index (Phi) is 4.51. The molecule has 1 aliphatic rings. The third-order valence-corrected chi connectivity index (χ3v) is 4.73. The highest BCUT2D eigenvalue weighted by atomic mass is 32.2. The van der Waals surface area contributed by atoms with Crippen LogP contribution in [0, 0.1) is 0 Å². The van der Waals surface area contributed by atoms with Gasteiger partial charge in [0.15, 0.2) is 0 Å². The van der Waals surface area contributed by atoms with E-state index in [1.807, 2.05) is 6.92 Å². The third-order valence-electron chi connectivity index (χ3n) is 2.98. The molecule has 1 saturated heterocycles. The summed E-state index contributed by atoms with van der Waals surface area (Å²) in [4.78, 5) is 11.2. The fourth-order valence-electron chi connectivity index (χ4n) is 1.98. The van der Waals surface area contributed by atoms with E-state index in [4.69, 9.17) is 5.11 Å². The highest BCUT2D eigenvalue weighted by Gasteiger charge is 2.39. The molecule has 0 amide bonds. The maximum atomic E-state index is 12.0. The predicted molar refractivity (Wildman–Crippen MR) is 63.8 cm³/mol. The molecule has 7 heteroatoms. The predicted octanol–water partition coefficient (Wildman–Crippen LogP) is 0.560. The summed E-state index contributed by atoms with van der Waals surface area (Å²) in [6.07, 6.45) is 2.54. The monoisotopic (exact) mass is 264 g/mol. The summed E-state index contributed by atoms with van der Waals surface area (Å²) in [6.45, 7) is 4.17. The molecule has 0 aromatic carbocycles. The van der Waals surface area contributed by atoms with E-state index in [-0.39, 0.29) is 6.42 Å². The van der Waals surface area contributed by atoms with Gasteiger partial charge in [0, 0.05) is 13.1 Å². The Morgan fingerprint density at radius 3 is 2.35 bits per heavy atom. The minimum absolute atomic E-state index is 0.273. The average molecular weight is 264 g/mol. The molecule has 0 bridgehead atoms. The number of rotatable bonds is 6. The van der Waals surface area contributed by atoms with Crippen molar-refractivity contribution in [3.8, 4) is 0 Å². The van der Waals surface area contributed by atoms with Crippen molar-refractivity contribution in [1.29, 1.82) is 0 Å². The Morgan fingerprint density at radius 2 is 1.94 bits per heavy atom. The second-order valence-electron chi connectivity index (χ2n) is 4.60. The zero-order valence-electron chi connectivity index (χ0n) is 10.3. The van der Waals surface area contributed by atoms with E-state index < -0.39 is 21.7 Å². The summed E-state index contributed by atoms with van der Waals surface area (Å²) in [5.41, 5.74) is -1.42. The lowest BCUT2D eigenvalue weighted by Gasteiger charge is -2.28. The molecule has 0 aromatic rings. The molecule has 17 heavy (non-hydrogen) atoms. The summed E-state index contributed by atoms with van der Waals surface area (Å²) in [6, 6.07) is 0. The van der Waals surface area contributed by atoms with Crippen LogP contribution in [0.1, 0.15) is 39.5 Å². The van der Waals surface area contributed by atoms with Crippen LogP contribution in [0.15, 0.2) is 0 Å². The number of nitrogens with one attached hydrogen (secondary N) is 1. The van der Waals surface area contributed by atoms with Gasteiger partial charge in [0.05, 0.1) is 0 Å². The highest BCUT2D eigenvalue weighted by Crippen LogP contribution is 2.18. The molecule has 1 unspecified atom stereocenters. The van der Waals surface area contributed by atoms with Gasteiger partial charge in [-0.25, -0.2) is 0 Å². The first kappa shape index (κ1) is 14.4. The van der Waals surface area contributed by atoms with E-state index in [1.165, 1.54) is 11.2 Å². The molecule has 100 valence electrons. The smallest absolute Gasteiger partial charge is 0.324 e. The minimum Gasteiger partial charge on any atom is -0.480 e. The van der Waals surface area contributed by atoms with Crippen LogP contribution in [-0.2, 0) is 15.0 Å². The second kappa shape index (κ2) is 5.32. The molecule has 0 aromatic heterocycles. The first-order chi connectivity index (χ1) is 7.82. The molecule has 0 spiro atoms. The largest absolute Gasteiger partial charge is 0.480 e. The lowest BCUT2D eigenvalue weighted by molar-refractivity contribution is -0.143. The van der Waals surface area contributed by atoms with Crippen LogP contribution >= 0.6 is 0 Å². The molecular formula is C10H20N2O4S. The minimum atomic E-state index is -3.68. The normalized spacial score (nSPS) is 21.3. The lowest BCUT2D eigenvalue weighted by Crippen LogP contribution is -2.55. The number of aliphatic carboxylic acids is 1. The van der Waals surface area contributed by atoms with Crippen LogP contribution in [-0.4, -0.2) is 42.4 Å². The van der Waals surface area contributed by atoms with Gasteiger partial charge < -0.3 is 5.11 Å². The first-order valence-corrected chi connectivity index (χ1v) is 7.28. The van der Waals surface area contributed by atoms with Crippen molar-refractivity contribution >= 4 is 16.2 Å². The topological polar surface area (TPSA) is 86.7 Å². The lowest BCUT2D eigenvalue weighted by atomic mass is 9.98. The molecule has 1 heterocycles. The van der Waals surface area contributed by atoms with Gasteiger partial charge in [-0.3, -0.25) is 4.79 Å². The van der Waals surface area contributed by atoms with Crippen molar-refractivity contribution in [2.75, 3.05) is 13.1 Å². The Bertz CT molecular complexity index is 376. The molecule has 6 nitrogen and oxygen atoms in total. The van der Waals surface area contributed by atoms with Crippen LogP contribution in [0.4, 0.5) is 0 Å². The number of carboxylic acids is 1. The van der Waals surface area contributed by atoms with E-state index in [1.54, 1.807) is 0 Å². The van der Waals surface area contributed by atoms with Crippen LogP contribution in [0.25, 0.3) is 0 Å². The van der Waals surface area contributed by atoms with E-state index in [9.17, 15) is 13.2 Å². The van der Waals surface area contributed by atoms with E-state index >= 15 is 0 Å². The molecule has 1 rings (SSSR count). The average Bonchev–Trinajstić information content (AvgIpc) is 2.69. The van der Waals surface area contributed by atoms with Gasteiger partial charge in [-0.15, -0.1) is 0 Å². The first-order valence-electron chi connectivity index (χ1n) is 5.84. The molecule has 2 N–H and O–H groups in total. The van der Waals surface area contributed by atoms with Crippen molar-refractivity contribution in [1.82, 2.24) is 9.03 Å². The SMILES string of the molecule is CCCC(C)(NS(=O)(=O)N1CCCC1)C(=O)O. The van der Waals surface area contributed by atoms with Crippen molar-refractivity contribution in [2.24, 2.45) is 0 Å². The number of hydrogen-bond donors (Lipinski definition) is 2. The third kappa shape index (κ3) is 3.40.